The molecule has 0 aliphatic carbocycles. The molecule has 1 aromatic heterocycles. The summed E-state index contributed by atoms with van der Waals surface area (Å²) in [5, 5.41) is 10.7. The monoisotopic (exact) mass is 710 g/mol. The molecule has 0 saturated carbocycles. The molecule has 3 heterocycles. The van der Waals surface area contributed by atoms with Crippen LogP contribution in [0, 0.1) is 11.6 Å². The Morgan fingerprint density at radius 2 is 1.82 bits per heavy atom. The largest absolute Gasteiger partial charge is 0.383 e. The lowest BCUT2D eigenvalue weighted by molar-refractivity contribution is 0.00843. The zero-order valence-electron chi connectivity index (χ0n) is 25.1. The van der Waals surface area contributed by atoms with Crippen molar-refractivity contribution in [2.45, 2.75) is 37.5 Å². The van der Waals surface area contributed by atoms with Crippen LogP contribution in [0.4, 0.5) is 19.4 Å². The van der Waals surface area contributed by atoms with Gasteiger partial charge in [-0.1, -0.05) is 24.3 Å². The van der Waals surface area contributed by atoms with Crippen LogP contribution in [0.15, 0.2) is 53.0 Å². The first-order chi connectivity index (χ1) is 21.5. The molecule has 2 atom stereocenters. The Bertz CT molecular complexity index is 1590. The summed E-state index contributed by atoms with van der Waals surface area (Å²) in [5.74, 6) is -1.74. The van der Waals surface area contributed by atoms with E-state index in [0.717, 1.165) is 6.07 Å². The highest BCUT2D eigenvalue weighted by Gasteiger charge is 2.35. The molecule has 2 aliphatic heterocycles. The summed E-state index contributed by atoms with van der Waals surface area (Å²) >= 11 is 3.61. The molecule has 2 aliphatic rings. The number of ether oxygens (including phenoxy) is 2. The normalized spacial score (nSPS) is 20.0. The highest BCUT2D eigenvalue weighted by Crippen LogP contribution is 2.32. The Labute approximate surface area is 270 Å². The minimum absolute atomic E-state index is 0.131. The van der Waals surface area contributed by atoms with Gasteiger partial charge in [0, 0.05) is 45.8 Å². The number of para-hydroxylation sites is 1. The topological polar surface area (TPSA) is 118 Å². The molecular formula is C30H37BrF2N6O5S. The lowest BCUT2D eigenvalue weighted by Gasteiger charge is -2.29. The van der Waals surface area contributed by atoms with E-state index in [2.05, 4.69) is 31.5 Å². The zero-order chi connectivity index (χ0) is 32.1. The van der Waals surface area contributed by atoms with E-state index in [1.165, 1.54) is 16.6 Å². The van der Waals surface area contributed by atoms with Crippen molar-refractivity contribution in [3.63, 3.8) is 0 Å². The van der Waals surface area contributed by atoms with Crippen molar-refractivity contribution in [2.24, 2.45) is 0 Å². The number of nitrogens with one attached hydrogen (secondary N) is 2. The van der Waals surface area contributed by atoms with Crippen LogP contribution >= 0.6 is 15.9 Å². The number of nitrogens with zero attached hydrogens (tertiary/aromatic N) is 4. The molecule has 2 N–H and O–H groups in total. The Kier molecular flexibility index (Phi) is 10.9. The van der Waals surface area contributed by atoms with Gasteiger partial charge in [0.15, 0.2) is 17.5 Å². The second kappa shape index (κ2) is 14.6. The summed E-state index contributed by atoms with van der Waals surface area (Å²) in [4.78, 5) is 15.6. The van der Waals surface area contributed by atoms with Crippen molar-refractivity contribution in [3.05, 3.63) is 75.9 Å². The number of carbonyl (C=O) groups is 1. The highest BCUT2D eigenvalue weighted by atomic mass is 79.9. The minimum Gasteiger partial charge on any atom is -0.383 e. The van der Waals surface area contributed by atoms with Gasteiger partial charge in [-0.3, -0.25) is 10.2 Å². The van der Waals surface area contributed by atoms with Crippen LogP contribution < -0.4 is 10.6 Å². The van der Waals surface area contributed by atoms with E-state index in [1.807, 2.05) is 30.3 Å². The Morgan fingerprint density at radius 3 is 2.49 bits per heavy atom. The molecule has 2 amide bonds. The smallest absolute Gasteiger partial charge is 0.320 e. The van der Waals surface area contributed by atoms with Gasteiger partial charge in [-0.05, 0) is 58.6 Å². The van der Waals surface area contributed by atoms with Crippen LogP contribution in [0.2, 0.25) is 0 Å². The van der Waals surface area contributed by atoms with Crippen molar-refractivity contribution in [1.82, 2.24) is 24.3 Å². The number of piperidine rings is 1. The highest BCUT2D eigenvalue weighted by molar-refractivity contribution is 9.10. The fourth-order valence-corrected chi connectivity index (χ4v) is 7.09. The predicted molar refractivity (Wildman–Crippen MR) is 169 cm³/mol. The summed E-state index contributed by atoms with van der Waals surface area (Å²) in [6, 6.07) is 12.3. The maximum atomic E-state index is 14.1. The molecule has 5 rings (SSSR count). The average molecular weight is 712 g/mol. The number of sulfonamides is 1. The third-order valence-electron chi connectivity index (χ3n) is 8.15. The number of halogens is 3. The number of aromatic nitrogens is 2. The summed E-state index contributed by atoms with van der Waals surface area (Å²) in [6.45, 7) is 3.09. The first-order valence-electron chi connectivity index (χ1n) is 14.7. The second-order valence-electron chi connectivity index (χ2n) is 11.3. The van der Waals surface area contributed by atoms with Crippen molar-refractivity contribution in [2.75, 3.05) is 58.0 Å². The third-order valence-corrected chi connectivity index (χ3v) is 10.3. The molecule has 0 spiro atoms. The number of urea groups is 1. The van der Waals surface area contributed by atoms with Gasteiger partial charge in [0.05, 0.1) is 41.8 Å². The van der Waals surface area contributed by atoms with Gasteiger partial charge in [-0.15, -0.1) is 0 Å². The lowest BCUT2D eigenvalue weighted by Crippen LogP contribution is -2.42. The van der Waals surface area contributed by atoms with Crippen molar-refractivity contribution in [3.8, 4) is 5.69 Å². The first kappa shape index (κ1) is 33.4. The molecule has 3 aromatic rings. The Morgan fingerprint density at radius 1 is 1.09 bits per heavy atom. The molecule has 0 unspecified atom stereocenters. The third kappa shape index (κ3) is 8.26. The van der Waals surface area contributed by atoms with Crippen LogP contribution in [0.25, 0.3) is 5.69 Å². The number of amides is 2. The molecule has 2 aromatic carbocycles. The van der Waals surface area contributed by atoms with Crippen molar-refractivity contribution < 1.29 is 31.5 Å². The average Bonchev–Trinajstić information content (AvgIpc) is 3.56. The van der Waals surface area contributed by atoms with Gasteiger partial charge < -0.3 is 14.8 Å². The van der Waals surface area contributed by atoms with Crippen LogP contribution in [-0.2, 0) is 26.1 Å². The van der Waals surface area contributed by atoms with Crippen LogP contribution in [0.5, 0.6) is 0 Å². The molecular weight excluding hydrogens is 674 g/mol. The number of anilines is 1. The van der Waals surface area contributed by atoms with Gasteiger partial charge in [-0.2, -0.15) is 5.10 Å². The fourth-order valence-electron chi connectivity index (χ4n) is 5.75. The van der Waals surface area contributed by atoms with Crippen LogP contribution in [-0.4, -0.2) is 98.3 Å². The van der Waals surface area contributed by atoms with Gasteiger partial charge >= 0.3 is 6.03 Å². The molecule has 244 valence electrons. The SMILES string of the molecule is COCCN1C[C@@H](NC(=O)Nc2c(Br)c(COC3CCN(S(C)(=O)=O)CC3)nn2-c2ccccc2)[C@H](c2ccc(F)c(F)c2)C1. The zero-order valence-corrected chi connectivity index (χ0v) is 27.5. The van der Waals surface area contributed by atoms with Gasteiger partial charge in [0.25, 0.3) is 0 Å². The minimum atomic E-state index is -3.24. The van der Waals surface area contributed by atoms with E-state index in [-0.39, 0.29) is 24.7 Å². The molecule has 0 radical (unpaired) electrons. The van der Waals surface area contributed by atoms with Gasteiger partial charge in [0.2, 0.25) is 10.0 Å². The lowest BCUT2D eigenvalue weighted by atomic mass is 9.94. The summed E-state index contributed by atoms with van der Waals surface area (Å²) in [5.41, 5.74) is 1.87. The summed E-state index contributed by atoms with van der Waals surface area (Å²) in [6.07, 6.45) is 2.21. The number of carbonyl (C=O) groups excluding carboxylic acids is 1. The molecule has 45 heavy (non-hydrogen) atoms. The van der Waals surface area contributed by atoms with Gasteiger partial charge in [0.1, 0.15) is 5.69 Å². The predicted octanol–water partition coefficient (Wildman–Crippen LogP) is 4.09. The molecule has 15 heteroatoms. The first-order valence-corrected chi connectivity index (χ1v) is 17.3. The summed E-state index contributed by atoms with van der Waals surface area (Å²) < 4.78 is 66.5. The van der Waals surface area contributed by atoms with E-state index in [0.29, 0.717) is 79.4 Å². The number of hydrogen-bond acceptors (Lipinski definition) is 7. The number of likely N-dealkylation sites (tertiary alicyclic amines) is 1. The number of hydrogen-bond donors (Lipinski definition) is 2. The van der Waals surface area contributed by atoms with E-state index in [4.69, 9.17) is 14.6 Å². The molecule has 11 nitrogen and oxygen atoms in total. The number of methoxy groups -OCH3 is 1. The molecule has 2 fully saturated rings. The van der Waals surface area contributed by atoms with E-state index < -0.39 is 27.7 Å². The Balaban J connectivity index is 1.32. The van der Waals surface area contributed by atoms with Crippen LogP contribution in [0.1, 0.15) is 30.0 Å². The fraction of sp³-hybridized carbons (Fsp3) is 0.467. The number of benzene rings is 2. The van der Waals surface area contributed by atoms with E-state index in [9.17, 15) is 22.0 Å². The van der Waals surface area contributed by atoms with Crippen molar-refractivity contribution >= 4 is 37.8 Å². The van der Waals surface area contributed by atoms with E-state index >= 15 is 0 Å². The van der Waals surface area contributed by atoms with Crippen LogP contribution in [0.3, 0.4) is 0 Å². The summed E-state index contributed by atoms with van der Waals surface area (Å²) in [7, 11) is -1.63. The van der Waals surface area contributed by atoms with E-state index in [1.54, 1.807) is 17.9 Å². The van der Waals surface area contributed by atoms with Gasteiger partial charge in [-0.25, -0.2) is 31.0 Å². The molecule has 2 saturated heterocycles. The second-order valence-corrected chi connectivity index (χ2v) is 14.0. The maximum absolute atomic E-state index is 14.1. The number of rotatable bonds is 11. The maximum Gasteiger partial charge on any atom is 0.320 e. The quantitative estimate of drug-likeness (QED) is 0.308. The molecule has 0 bridgehead atoms. The van der Waals surface area contributed by atoms with Crippen molar-refractivity contribution in [1.29, 1.82) is 0 Å². The Hall–Kier alpha value is -2.95. The standard InChI is InChI=1S/C30H37BrF2N6O5S/c1-43-15-14-37-17-23(20-8-9-24(32)25(33)16-20)26(18-37)34-30(40)35-29-28(31)27(36-39(29)21-6-4-3-5-7-21)19-44-22-10-12-38(13-11-22)45(2,41)42/h3-9,16,22-23,26H,10-15,17-19H2,1-2H3,(H2,34,35,40)/t23-,26+/m0/s1.